The second-order valence-electron chi connectivity index (χ2n) is 7.59. The summed E-state index contributed by atoms with van der Waals surface area (Å²) in [6.45, 7) is 2.09. The summed E-state index contributed by atoms with van der Waals surface area (Å²) >= 11 is 0. The highest BCUT2D eigenvalue weighted by Gasteiger charge is 2.20. The van der Waals surface area contributed by atoms with Gasteiger partial charge in [0.25, 0.3) is 0 Å². The maximum Gasteiger partial charge on any atom is 0.203 e. The van der Waals surface area contributed by atoms with Crippen LogP contribution in [0, 0.1) is 5.92 Å². The van der Waals surface area contributed by atoms with Crippen molar-refractivity contribution in [1.82, 2.24) is 25.7 Å². The molecule has 0 radical (unpaired) electrons. The van der Waals surface area contributed by atoms with Crippen LogP contribution < -0.4 is 11.1 Å². The lowest BCUT2D eigenvalue weighted by Crippen LogP contribution is -2.26. The number of H-pyrrole nitrogens is 1. The summed E-state index contributed by atoms with van der Waals surface area (Å²) < 4.78 is 0. The molecule has 4 rings (SSSR count). The van der Waals surface area contributed by atoms with Crippen LogP contribution in [-0.2, 0) is 0 Å². The summed E-state index contributed by atoms with van der Waals surface area (Å²) in [6.07, 6.45) is 7.91. The number of hydrogen-bond donors (Lipinski definition) is 3. The van der Waals surface area contributed by atoms with Gasteiger partial charge in [-0.3, -0.25) is 0 Å². The van der Waals surface area contributed by atoms with E-state index in [1.54, 1.807) is 0 Å². The van der Waals surface area contributed by atoms with E-state index in [2.05, 4.69) is 56.0 Å². The van der Waals surface area contributed by atoms with E-state index in [-0.39, 0.29) is 5.92 Å². The van der Waals surface area contributed by atoms with E-state index < -0.39 is 0 Å². The molecule has 2 aromatic heterocycles. The second-order valence-corrected chi connectivity index (χ2v) is 7.59. The van der Waals surface area contributed by atoms with Crippen molar-refractivity contribution in [2.45, 2.75) is 44.4 Å². The Morgan fingerprint density at radius 1 is 1.11 bits per heavy atom. The molecule has 3 aromatic rings. The lowest BCUT2D eigenvalue weighted by molar-refractivity contribution is 0.341. The SMILES string of the molecule is Nc1cc(C(CCNCC2CCCCC2)c2ccccc2)c2n[nH]nc2n1. The van der Waals surface area contributed by atoms with Crippen molar-refractivity contribution in [2.75, 3.05) is 18.8 Å². The number of fused-ring (bicyclic) bond motifs is 1. The first kappa shape index (κ1) is 17.9. The van der Waals surface area contributed by atoms with Gasteiger partial charge in [-0.1, -0.05) is 49.6 Å². The van der Waals surface area contributed by atoms with Crippen molar-refractivity contribution in [2.24, 2.45) is 5.92 Å². The molecule has 6 heteroatoms. The predicted octanol–water partition coefficient (Wildman–Crippen LogP) is 3.63. The average molecular weight is 364 g/mol. The number of aromatic nitrogens is 4. The van der Waals surface area contributed by atoms with Crippen molar-refractivity contribution in [3.63, 3.8) is 0 Å². The fraction of sp³-hybridized carbons (Fsp3) is 0.476. The number of nitrogens with one attached hydrogen (secondary N) is 2. The molecule has 0 aliphatic heterocycles. The van der Waals surface area contributed by atoms with Crippen LogP contribution in [0.1, 0.15) is 55.6 Å². The molecule has 27 heavy (non-hydrogen) atoms. The zero-order chi connectivity index (χ0) is 18.5. The zero-order valence-corrected chi connectivity index (χ0v) is 15.7. The molecule has 142 valence electrons. The fourth-order valence-corrected chi connectivity index (χ4v) is 4.28. The van der Waals surface area contributed by atoms with Crippen LogP contribution in [-0.4, -0.2) is 33.5 Å². The normalized spacial score (nSPS) is 16.6. The van der Waals surface area contributed by atoms with Gasteiger partial charge in [-0.15, -0.1) is 5.10 Å². The quantitative estimate of drug-likeness (QED) is 0.557. The van der Waals surface area contributed by atoms with Crippen LogP contribution in [0.3, 0.4) is 0 Å². The summed E-state index contributed by atoms with van der Waals surface area (Å²) in [7, 11) is 0. The van der Waals surface area contributed by atoms with E-state index >= 15 is 0 Å². The van der Waals surface area contributed by atoms with Gasteiger partial charge in [-0.05, 0) is 55.5 Å². The van der Waals surface area contributed by atoms with Crippen molar-refractivity contribution in [1.29, 1.82) is 0 Å². The number of benzene rings is 1. The highest BCUT2D eigenvalue weighted by molar-refractivity contribution is 5.77. The van der Waals surface area contributed by atoms with Gasteiger partial charge in [0.05, 0.1) is 0 Å². The van der Waals surface area contributed by atoms with Crippen LogP contribution >= 0.6 is 0 Å². The van der Waals surface area contributed by atoms with Gasteiger partial charge < -0.3 is 11.1 Å². The molecular weight excluding hydrogens is 336 g/mol. The predicted molar refractivity (Wildman–Crippen MR) is 108 cm³/mol. The zero-order valence-electron chi connectivity index (χ0n) is 15.7. The lowest BCUT2D eigenvalue weighted by Gasteiger charge is -2.23. The molecule has 1 saturated carbocycles. The summed E-state index contributed by atoms with van der Waals surface area (Å²) in [5.41, 5.74) is 9.80. The van der Waals surface area contributed by atoms with Crippen LogP contribution in [0.25, 0.3) is 11.2 Å². The Morgan fingerprint density at radius 3 is 2.74 bits per heavy atom. The van der Waals surface area contributed by atoms with Crippen molar-refractivity contribution in [3.8, 4) is 0 Å². The Balaban J connectivity index is 1.52. The first-order valence-electron chi connectivity index (χ1n) is 10.0. The maximum atomic E-state index is 6.04. The highest BCUT2D eigenvalue weighted by atomic mass is 15.3. The average Bonchev–Trinajstić information content (AvgIpc) is 3.17. The number of nitrogens with zero attached hydrogens (tertiary/aromatic N) is 3. The number of hydrogen-bond acceptors (Lipinski definition) is 5. The third-order valence-electron chi connectivity index (χ3n) is 5.69. The largest absolute Gasteiger partial charge is 0.384 e. The molecule has 0 bridgehead atoms. The number of pyridine rings is 1. The minimum atomic E-state index is 0.211. The Bertz CT molecular complexity index is 853. The topological polar surface area (TPSA) is 92.5 Å². The van der Waals surface area contributed by atoms with Crippen molar-refractivity contribution in [3.05, 3.63) is 47.5 Å². The molecule has 1 atom stereocenters. The van der Waals surface area contributed by atoms with Crippen molar-refractivity contribution >= 4 is 17.0 Å². The standard InChI is InChI=1S/C21H28N6/c22-19-13-18(20-21(24-19)26-27-25-20)17(16-9-5-2-6-10-16)11-12-23-14-15-7-3-1-4-8-15/h2,5-6,9-10,13,15,17,23H,1,3-4,7-8,11-12,14H2,(H3,22,24,25,26,27). The van der Waals surface area contributed by atoms with Crippen LogP contribution in [0.4, 0.5) is 5.82 Å². The Kier molecular flexibility index (Phi) is 5.63. The molecule has 1 aromatic carbocycles. The van der Waals surface area contributed by atoms with E-state index in [9.17, 15) is 0 Å². The molecule has 0 amide bonds. The van der Waals surface area contributed by atoms with E-state index in [1.807, 2.05) is 6.07 Å². The second kappa shape index (κ2) is 8.48. The van der Waals surface area contributed by atoms with Crippen LogP contribution in [0.5, 0.6) is 0 Å². The molecule has 1 aliphatic carbocycles. The number of anilines is 1. The maximum absolute atomic E-state index is 6.04. The van der Waals surface area contributed by atoms with Gasteiger partial charge in [0.2, 0.25) is 5.65 Å². The van der Waals surface area contributed by atoms with Gasteiger partial charge in [0.15, 0.2) is 0 Å². The molecule has 4 N–H and O–H groups in total. The fourth-order valence-electron chi connectivity index (χ4n) is 4.28. The van der Waals surface area contributed by atoms with E-state index in [1.165, 1.54) is 37.7 Å². The van der Waals surface area contributed by atoms with Crippen molar-refractivity contribution < 1.29 is 0 Å². The summed E-state index contributed by atoms with van der Waals surface area (Å²) in [5, 5.41) is 14.8. The first-order chi connectivity index (χ1) is 13.3. The third-order valence-corrected chi connectivity index (χ3v) is 5.69. The minimum absolute atomic E-state index is 0.211. The monoisotopic (exact) mass is 364 g/mol. The first-order valence-corrected chi connectivity index (χ1v) is 10.0. The van der Waals surface area contributed by atoms with Gasteiger partial charge in [0.1, 0.15) is 11.3 Å². The minimum Gasteiger partial charge on any atom is -0.384 e. The number of nitrogens with two attached hydrogens (primary N) is 1. The van der Waals surface area contributed by atoms with E-state index in [0.717, 1.165) is 36.5 Å². The molecule has 2 heterocycles. The Hall–Kier alpha value is -2.47. The number of aromatic amines is 1. The molecular formula is C21H28N6. The van der Waals surface area contributed by atoms with Crippen LogP contribution in [0.2, 0.25) is 0 Å². The Morgan fingerprint density at radius 2 is 1.93 bits per heavy atom. The van der Waals surface area contributed by atoms with Gasteiger partial charge in [-0.25, -0.2) is 4.98 Å². The third kappa shape index (κ3) is 4.27. The summed E-state index contributed by atoms with van der Waals surface area (Å²) in [4.78, 5) is 4.29. The number of rotatable bonds is 7. The molecule has 6 nitrogen and oxygen atoms in total. The molecule has 0 saturated heterocycles. The highest BCUT2D eigenvalue weighted by Crippen LogP contribution is 2.32. The van der Waals surface area contributed by atoms with Gasteiger partial charge >= 0.3 is 0 Å². The molecule has 1 unspecified atom stereocenters. The Labute approximate surface area is 160 Å². The number of nitrogen functional groups attached to an aromatic ring is 1. The molecule has 1 fully saturated rings. The van der Waals surface area contributed by atoms with E-state index in [4.69, 9.17) is 5.73 Å². The van der Waals surface area contributed by atoms with Crippen LogP contribution in [0.15, 0.2) is 36.4 Å². The van der Waals surface area contributed by atoms with Gasteiger partial charge in [-0.2, -0.15) is 10.3 Å². The summed E-state index contributed by atoms with van der Waals surface area (Å²) in [6, 6.07) is 12.5. The smallest absolute Gasteiger partial charge is 0.203 e. The van der Waals surface area contributed by atoms with Gasteiger partial charge in [0, 0.05) is 5.92 Å². The molecule has 1 aliphatic rings. The lowest BCUT2D eigenvalue weighted by atomic mass is 9.87. The van der Waals surface area contributed by atoms with E-state index in [0.29, 0.717) is 11.5 Å². The summed E-state index contributed by atoms with van der Waals surface area (Å²) in [5.74, 6) is 1.54. The molecule has 0 spiro atoms.